The fourth-order valence-corrected chi connectivity index (χ4v) is 4.72. The maximum Gasteiger partial charge on any atom is 0.119 e. The van der Waals surface area contributed by atoms with Gasteiger partial charge in [-0.2, -0.15) is 0 Å². The summed E-state index contributed by atoms with van der Waals surface area (Å²) in [5.41, 5.74) is 1.64. The standard InChI is InChI=1S/C25H42N2O2/c1-2-3-4-5-15-26-22-25(13-20-28-21-14-25)23-9-11-24(12-10-23)29-19-8-18-27-16-6-7-17-27/h9-12,26H,2-8,13-22H2,1H3. The molecule has 0 unspecified atom stereocenters. The molecule has 0 atom stereocenters. The summed E-state index contributed by atoms with van der Waals surface area (Å²) in [6.45, 7) is 10.7. The minimum Gasteiger partial charge on any atom is -0.494 e. The second kappa shape index (κ2) is 12.6. The number of nitrogens with zero attached hydrogens (tertiary/aromatic N) is 1. The van der Waals surface area contributed by atoms with Gasteiger partial charge in [0.05, 0.1) is 6.61 Å². The molecule has 2 aliphatic rings. The van der Waals surface area contributed by atoms with Crippen LogP contribution >= 0.6 is 0 Å². The molecule has 1 N–H and O–H groups in total. The fourth-order valence-electron chi connectivity index (χ4n) is 4.72. The van der Waals surface area contributed by atoms with E-state index in [2.05, 4.69) is 41.4 Å². The quantitative estimate of drug-likeness (QED) is 0.482. The van der Waals surface area contributed by atoms with Crippen molar-refractivity contribution in [2.45, 2.75) is 70.1 Å². The van der Waals surface area contributed by atoms with Crippen molar-refractivity contribution >= 4 is 0 Å². The molecule has 0 bridgehead atoms. The lowest BCUT2D eigenvalue weighted by molar-refractivity contribution is 0.0499. The van der Waals surface area contributed by atoms with Gasteiger partial charge in [-0.05, 0) is 75.9 Å². The van der Waals surface area contributed by atoms with Crippen molar-refractivity contribution in [3.05, 3.63) is 29.8 Å². The van der Waals surface area contributed by atoms with Crippen LogP contribution in [0, 0.1) is 0 Å². The molecule has 4 nitrogen and oxygen atoms in total. The summed E-state index contributed by atoms with van der Waals surface area (Å²) in [5.74, 6) is 1.00. The van der Waals surface area contributed by atoms with Crippen molar-refractivity contribution < 1.29 is 9.47 Å². The number of nitrogens with one attached hydrogen (secondary N) is 1. The van der Waals surface area contributed by atoms with E-state index in [0.29, 0.717) is 0 Å². The van der Waals surface area contributed by atoms with Crippen LogP contribution < -0.4 is 10.1 Å². The zero-order valence-electron chi connectivity index (χ0n) is 18.6. The third-order valence-corrected chi connectivity index (χ3v) is 6.67. The maximum absolute atomic E-state index is 6.01. The van der Waals surface area contributed by atoms with Gasteiger partial charge in [0.1, 0.15) is 5.75 Å². The van der Waals surface area contributed by atoms with Crippen LogP contribution in [-0.2, 0) is 10.2 Å². The fraction of sp³-hybridized carbons (Fsp3) is 0.760. The van der Waals surface area contributed by atoms with Crippen molar-refractivity contribution in [1.82, 2.24) is 10.2 Å². The molecule has 2 heterocycles. The number of benzene rings is 1. The summed E-state index contributed by atoms with van der Waals surface area (Å²) in [6, 6.07) is 8.92. The predicted octanol–water partition coefficient (Wildman–Crippen LogP) is 4.77. The Bertz CT molecular complexity index is 548. The molecule has 1 aromatic carbocycles. The maximum atomic E-state index is 6.01. The van der Waals surface area contributed by atoms with Gasteiger partial charge in [0, 0.05) is 31.7 Å². The Morgan fingerprint density at radius 2 is 1.76 bits per heavy atom. The monoisotopic (exact) mass is 402 g/mol. The average molecular weight is 403 g/mol. The summed E-state index contributed by atoms with van der Waals surface area (Å²) in [6.07, 6.45) is 11.3. The smallest absolute Gasteiger partial charge is 0.119 e. The molecule has 0 saturated carbocycles. The molecule has 2 aliphatic heterocycles. The second-order valence-electron chi connectivity index (χ2n) is 8.91. The Balaban J connectivity index is 1.46. The third kappa shape index (κ3) is 7.27. The van der Waals surface area contributed by atoms with E-state index in [0.717, 1.165) is 57.9 Å². The highest BCUT2D eigenvalue weighted by atomic mass is 16.5. The molecule has 0 aromatic heterocycles. The molecular weight excluding hydrogens is 360 g/mol. The zero-order valence-corrected chi connectivity index (χ0v) is 18.6. The molecule has 0 radical (unpaired) electrons. The molecule has 0 aliphatic carbocycles. The Morgan fingerprint density at radius 1 is 1.00 bits per heavy atom. The summed E-state index contributed by atoms with van der Waals surface area (Å²) in [4.78, 5) is 2.55. The van der Waals surface area contributed by atoms with Gasteiger partial charge in [0.15, 0.2) is 0 Å². The van der Waals surface area contributed by atoms with Crippen molar-refractivity contribution in [1.29, 1.82) is 0 Å². The van der Waals surface area contributed by atoms with Crippen LogP contribution in [-0.4, -0.2) is 57.4 Å². The van der Waals surface area contributed by atoms with Gasteiger partial charge in [0.25, 0.3) is 0 Å². The number of ether oxygens (including phenoxy) is 2. The van der Waals surface area contributed by atoms with E-state index in [9.17, 15) is 0 Å². The molecule has 164 valence electrons. The molecule has 2 saturated heterocycles. The van der Waals surface area contributed by atoms with Gasteiger partial charge in [-0.15, -0.1) is 0 Å². The molecular formula is C25H42N2O2. The van der Waals surface area contributed by atoms with E-state index in [1.807, 2.05) is 0 Å². The van der Waals surface area contributed by atoms with E-state index < -0.39 is 0 Å². The van der Waals surface area contributed by atoms with Crippen LogP contribution in [0.15, 0.2) is 24.3 Å². The average Bonchev–Trinajstić information content (AvgIpc) is 3.28. The van der Waals surface area contributed by atoms with E-state index in [4.69, 9.17) is 9.47 Å². The van der Waals surface area contributed by atoms with Gasteiger partial charge in [-0.25, -0.2) is 0 Å². The van der Waals surface area contributed by atoms with Crippen molar-refractivity contribution in [2.24, 2.45) is 0 Å². The SMILES string of the molecule is CCCCCCNCC1(c2ccc(OCCCN3CCCC3)cc2)CCOCC1. The summed E-state index contributed by atoms with van der Waals surface area (Å²) in [7, 11) is 0. The number of likely N-dealkylation sites (tertiary alicyclic amines) is 1. The van der Waals surface area contributed by atoms with E-state index in [1.165, 1.54) is 63.7 Å². The van der Waals surface area contributed by atoms with Crippen LogP contribution in [0.5, 0.6) is 5.75 Å². The first-order chi connectivity index (χ1) is 14.3. The van der Waals surface area contributed by atoms with Gasteiger partial charge in [0.2, 0.25) is 0 Å². The van der Waals surface area contributed by atoms with E-state index in [-0.39, 0.29) is 5.41 Å². The van der Waals surface area contributed by atoms with Crippen molar-refractivity contribution in [3.63, 3.8) is 0 Å². The summed E-state index contributed by atoms with van der Waals surface area (Å²) < 4.78 is 11.7. The lowest BCUT2D eigenvalue weighted by atomic mass is 9.74. The molecule has 3 rings (SSSR count). The van der Waals surface area contributed by atoms with Crippen molar-refractivity contribution in [2.75, 3.05) is 52.5 Å². The van der Waals surface area contributed by atoms with Gasteiger partial charge in [-0.3, -0.25) is 0 Å². The van der Waals surface area contributed by atoms with Crippen LogP contribution in [0.4, 0.5) is 0 Å². The Morgan fingerprint density at radius 3 is 2.48 bits per heavy atom. The number of rotatable bonds is 13. The van der Waals surface area contributed by atoms with E-state index >= 15 is 0 Å². The van der Waals surface area contributed by atoms with Crippen LogP contribution in [0.25, 0.3) is 0 Å². The highest BCUT2D eigenvalue weighted by molar-refractivity contribution is 5.33. The molecule has 4 heteroatoms. The number of hydrogen-bond acceptors (Lipinski definition) is 4. The first-order valence-corrected chi connectivity index (χ1v) is 12.1. The molecule has 29 heavy (non-hydrogen) atoms. The Hall–Kier alpha value is -1.10. The lowest BCUT2D eigenvalue weighted by Gasteiger charge is -2.38. The van der Waals surface area contributed by atoms with Gasteiger partial charge < -0.3 is 19.7 Å². The first kappa shape index (κ1) is 22.6. The third-order valence-electron chi connectivity index (χ3n) is 6.67. The second-order valence-corrected chi connectivity index (χ2v) is 8.91. The molecule has 0 amide bonds. The zero-order chi connectivity index (χ0) is 20.2. The molecule has 2 fully saturated rings. The number of hydrogen-bond donors (Lipinski definition) is 1. The first-order valence-electron chi connectivity index (χ1n) is 12.1. The summed E-state index contributed by atoms with van der Waals surface area (Å²) in [5, 5.41) is 3.75. The predicted molar refractivity (Wildman–Crippen MR) is 121 cm³/mol. The van der Waals surface area contributed by atoms with Crippen LogP contribution in [0.1, 0.15) is 70.3 Å². The summed E-state index contributed by atoms with van der Waals surface area (Å²) >= 11 is 0. The minimum atomic E-state index is 0.206. The molecule has 0 spiro atoms. The topological polar surface area (TPSA) is 33.7 Å². The largest absolute Gasteiger partial charge is 0.494 e. The van der Waals surface area contributed by atoms with Crippen LogP contribution in [0.2, 0.25) is 0 Å². The number of unbranched alkanes of at least 4 members (excludes halogenated alkanes) is 3. The van der Waals surface area contributed by atoms with Crippen LogP contribution in [0.3, 0.4) is 0 Å². The van der Waals surface area contributed by atoms with Gasteiger partial charge in [-0.1, -0.05) is 38.3 Å². The van der Waals surface area contributed by atoms with E-state index in [1.54, 1.807) is 0 Å². The highest BCUT2D eigenvalue weighted by Crippen LogP contribution is 2.35. The Kier molecular flexibility index (Phi) is 9.78. The molecule has 1 aromatic rings. The van der Waals surface area contributed by atoms with Crippen molar-refractivity contribution in [3.8, 4) is 5.75 Å². The highest BCUT2D eigenvalue weighted by Gasteiger charge is 2.34. The Labute approximate surface area is 178 Å². The minimum absolute atomic E-state index is 0.206. The lowest BCUT2D eigenvalue weighted by Crippen LogP contribution is -2.43. The normalized spacial score (nSPS) is 19.5. The van der Waals surface area contributed by atoms with Gasteiger partial charge >= 0.3 is 0 Å².